The van der Waals surface area contributed by atoms with E-state index in [0.717, 1.165) is 27.3 Å². The maximum absolute atomic E-state index is 12.2. The van der Waals surface area contributed by atoms with Gasteiger partial charge in [-0.25, -0.2) is 0 Å². The molecule has 2 unspecified atom stereocenters. The van der Waals surface area contributed by atoms with Gasteiger partial charge in [-0.3, -0.25) is 14.6 Å². The Labute approximate surface area is 188 Å². The van der Waals surface area contributed by atoms with E-state index in [1.165, 1.54) is 18.7 Å². The van der Waals surface area contributed by atoms with Crippen LogP contribution in [-0.4, -0.2) is 46.7 Å². The van der Waals surface area contributed by atoms with Gasteiger partial charge in [0.05, 0.1) is 23.2 Å². The number of carbonyl (C=O) groups excluding carboxylic acids is 2. The number of pyridine rings is 1. The van der Waals surface area contributed by atoms with E-state index >= 15 is 0 Å². The number of ether oxygens (including phenoxy) is 1. The molecular weight excluding hydrogens is 412 g/mol. The van der Waals surface area contributed by atoms with E-state index in [9.17, 15) is 9.59 Å². The van der Waals surface area contributed by atoms with Crippen molar-refractivity contribution in [3.05, 3.63) is 47.6 Å². The Bertz CT molecular complexity index is 1010. The topological polar surface area (TPSA) is 95.3 Å². The molecule has 166 valence electrons. The van der Waals surface area contributed by atoms with E-state index in [4.69, 9.17) is 5.26 Å². The van der Waals surface area contributed by atoms with Gasteiger partial charge in [0, 0.05) is 31.3 Å². The summed E-state index contributed by atoms with van der Waals surface area (Å²) in [6.07, 6.45) is 0. The standard InChI is InChI=1S/C17H19N3OS.C6H9NO2.H2/c1-4-20-12(3)22-16(17(20)21)10-18-14-7-8-15-13(9-14)6-5-11(2)19-15;1-3-9-6(8)5(2)4-7;/h5-9,16,18H,3-4,10H2,1-2H3;5H,3H2,1-2H3;1H. The molecule has 1 amide bonds. The van der Waals surface area contributed by atoms with E-state index < -0.39 is 11.9 Å². The van der Waals surface area contributed by atoms with Crippen LogP contribution in [0.3, 0.4) is 0 Å². The zero-order chi connectivity index (χ0) is 23.0. The molecule has 1 fully saturated rings. The van der Waals surface area contributed by atoms with E-state index in [-0.39, 0.29) is 12.6 Å². The number of anilines is 1. The van der Waals surface area contributed by atoms with Crippen molar-refractivity contribution in [1.82, 2.24) is 9.88 Å². The number of esters is 1. The van der Waals surface area contributed by atoms with Crippen molar-refractivity contribution in [1.29, 1.82) is 5.26 Å². The molecule has 7 nitrogen and oxygen atoms in total. The highest BCUT2D eigenvalue weighted by molar-refractivity contribution is 8.04. The van der Waals surface area contributed by atoms with E-state index in [1.807, 2.05) is 32.0 Å². The molecule has 0 saturated carbocycles. The number of nitrogens with one attached hydrogen (secondary N) is 1. The van der Waals surface area contributed by atoms with Crippen LogP contribution >= 0.6 is 11.8 Å². The van der Waals surface area contributed by atoms with Crippen molar-refractivity contribution in [3.8, 4) is 6.07 Å². The average molecular weight is 443 g/mol. The number of amides is 1. The van der Waals surface area contributed by atoms with Crippen LogP contribution in [-0.2, 0) is 14.3 Å². The van der Waals surface area contributed by atoms with E-state index in [2.05, 4.69) is 33.7 Å². The Hall–Kier alpha value is -3.05. The smallest absolute Gasteiger partial charge is 0.323 e. The van der Waals surface area contributed by atoms with Gasteiger partial charge in [0.15, 0.2) is 0 Å². The van der Waals surface area contributed by atoms with Crippen LogP contribution in [0.2, 0.25) is 0 Å². The average Bonchev–Trinajstić information content (AvgIpc) is 3.04. The van der Waals surface area contributed by atoms with Gasteiger partial charge in [-0.1, -0.05) is 24.4 Å². The van der Waals surface area contributed by atoms with Crippen LogP contribution in [0.15, 0.2) is 41.9 Å². The summed E-state index contributed by atoms with van der Waals surface area (Å²) in [7, 11) is 0. The van der Waals surface area contributed by atoms with Crippen molar-refractivity contribution in [2.45, 2.75) is 32.9 Å². The van der Waals surface area contributed by atoms with Crippen LogP contribution in [0.1, 0.15) is 27.9 Å². The lowest BCUT2D eigenvalue weighted by molar-refractivity contribution is -0.145. The Morgan fingerprint density at radius 3 is 2.77 bits per heavy atom. The van der Waals surface area contributed by atoms with Crippen molar-refractivity contribution in [2.24, 2.45) is 5.92 Å². The van der Waals surface area contributed by atoms with Gasteiger partial charge in [0.25, 0.3) is 0 Å². The molecule has 2 atom stereocenters. The third-order valence-electron chi connectivity index (χ3n) is 4.59. The first kappa shape index (κ1) is 24.2. The predicted molar refractivity (Wildman–Crippen MR) is 126 cm³/mol. The molecule has 1 aromatic heterocycles. The fourth-order valence-electron chi connectivity index (χ4n) is 2.90. The van der Waals surface area contributed by atoms with E-state index in [1.54, 1.807) is 17.9 Å². The minimum Gasteiger partial charge on any atom is -0.465 e. The highest BCUT2D eigenvalue weighted by atomic mass is 32.2. The lowest BCUT2D eigenvalue weighted by Crippen LogP contribution is -2.31. The molecule has 1 aromatic carbocycles. The van der Waals surface area contributed by atoms with Crippen LogP contribution in [0.5, 0.6) is 0 Å². The zero-order valence-corrected chi connectivity index (χ0v) is 19.2. The normalized spacial score (nSPS) is 16.4. The summed E-state index contributed by atoms with van der Waals surface area (Å²) < 4.78 is 4.53. The second-order valence-electron chi connectivity index (χ2n) is 6.93. The molecule has 1 N–H and O–H groups in total. The zero-order valence-electron chi connectivity index (χ0n) is 18.3. The number of thioether (sulfide) groups is 1. The minimum atomic E-state index is -0.634. The number of fused-ring (bicyclic) bond motifs is 1. The van der Waals surface area contributed by atoms with Crippen LogP contribution in [0, 0.1) is 24.2 Å². The number of benzene rings is 1. The number of rotatable bonds is 6. The molecule has 0 aliphatic carbocycles. The lowest BCUT2D eigenvalue weighted by Gasteiger charge is -2.14. The SMILES string of the molecule is C=C1SC(CNc2ccc3nc(C)ccc3c2)C(=O)N1CC.CCOC(=O)C(C)C#N.[HH]. The second-order valence-corrected chi connectivity index (χ2v) is 8.20. The summed E-state index contributed by atoms with van der Waals surface area (Å²) in [5, 5.41) is 13.4. The van der Waals surface area contributed by atoms with Crippen LogP contribution in [0.4, 0.5) is 5.69 Å². The highest BCUT2D eigenvalue weighted by Crippen LogP contribution is 2.33. The minimum absolute atomic E-state index is 0. The summed E-state index contributed by atoms with van der Waals surface area (Å²) >= 11 is 1.54. The molecule has 0 bridgehead atoms. The van der Waals surface area contributed by atoms with Crippen molar-refractivity contribution in [3.63, 3.8) is 0 Å². The van der Waals surface area contributed by atoms with Crippen molar-refractivity contribution in [2.75, 3.05) is 25.0 Å². The Morgan fingerprint density at radius 2 is 2.16 bits per heavy atom. The Morgan fingerprint density at radius 1 is 1.42 bits per heavy atom. The van der Waals surface area contributed by atoms with Crippen molar-refractivity contribution >= 4 is 40.2 Å². The fourth-order valence-corrected chi connectivity index (χ4v) is 3.97. The monoisotopic (exact) mass is 442 g/mol. The number of carbonyl (C=O) groups is 2. The Balaban J connectivity index is 0.000000440. The molecule has 31 heavy (non-hydrogen) atoms. The lowest BCUT2D eigenvalue weighted by atomic mass is 10.2. The van der Waals surface area contributed by atoms with E-state index in [0.29, 0.717) is 19.7 Å². The quantitative estimate of drug-likeness (QED) is 0.665. The fraction of sp³-hybridized carbons (Fsp3) is 0.391. The third-order valence-corrected chi connectivity index (χ3v) is 5.74. The first-order valence-electron chi connectivity index (χ1n) is 10.1. The molecule has 0 radical (unpaired) electrons. The summed E-state index contributed by atoms with van der Waals surface area (Å²) in [6, 6.07) is 11.9. The maximum atomic E-state index is 12.2. The number of hydrogen-bond acceptors (Lipinski definition) is 7. The highest BCUT2D eigenvalue weighted by Gasteiger charge is 2.34. The van der Waals surface area contributed by atoms with Gasteiger partial charge in [-0.05, 0) is 52.0 Å². The van der Waals surface area contributed by atoms with Crippen LogP contribution < -0.4 is 5.32 Å². The molecular formula is C23H30N4O3S. The molecule has 1 aliphatic heterocycles. The van der Waals surface area contributed by atoms with Gasteiger partial charge < -0.3 is 15.0 Å². The van der Waals surface area contributed by atoms with Gasteiger partial charge in [0.1, 0.15) is 11.2 Å². The molecule has 0 spiro atoms. The first-order chi connectivity index (χ1) is 14.8. The molecule has 1 aliphatic rings. The summed E-state index contributed by atoms with van der Waals surface area (Å²) in [6.45, 7) is 12.7. The number of hydrogen-bond donors (Lipinski definition) is 1. The first-order valence-corrected chi connectivity index (χ1v) is 11.0. The number of nitrogens with zero attached hydrogens (tertiary/aromatic N) is 3. The third kappa shape index (κ3) is 6.46. The summed E-state index contributed by atoms with van der Waals surface area (Å²) in [5.74, 6) is -0.937. The van der Waals surface area contributed by atoms with Crippen LogP contribution in [0.25, 0.3) is 10.9 Å². The van der Waals surface area contributed by atoms with Gasteiger partial charge >= 0.3 is 5.97 Å². The molecule has 8 heteroatoms. The maximum Gasteiger partial charge on any atom is 0.323 e. The second kappa shape index (κ2) is 11.4. The van der Waals surface area contributed by atoms with Crippen molar-refractivity contribution < 1.29 is 15.8 Å². The Kier molecular flexibility index (Phi) is 8.88. The molecule has 1 saturated heterocycles. The molecule has 2 aromatic rings. The summed E-state index contributed by atoms with van der Waals surface area (Å²) in [4.78, 5) is 29.0. The number of nitriles is 1. The number of aromatic nitrogens is 1. The summed E-state index contributed by atoms with van der Waals surface area (Å²) in [5.41, 5.74) is 3.01. The number of aryl methyl sites for hydroxylation is 1. The van der Waals surface area contributed by atoms with Gasteiger partial charge in [0.2, 0.25) is 5.91 Å². The largest absolute Gasteiger partial charge is 0.465 e. The van der Waals surface area contributed by atoms with Gasteiger partial charge in [-0.2, -0.15) is 5.26 Å². The van der Waals surface area contributed by atoms with Gasteiger partial charge in [-0.15, -0.1) is 0 Å². The molecule has 2 heterocycles. The predicted octanol–water partition coefficient (Wildman–Crippen LogP) is 4.35. The molecule has 3 rings (SSSR count).